The van der Waals surface area contributed by atoms with Crippen LogP contribution in [0.2, 0.25) is 0 Å². The molecule has 0 spiro atoms. The number of hydrogen-bond donors (Lipinski definition) is 1. The van der Waals surface area contributed by atoms with Crippen molar-refractivity contribution in [1.29, 1.82) is 0 Å². The molecule has 0 amide bonds. The van der Waals surface area contributed by atoms with Crippen LogP contribution in [0.3, 0.4) is 0 Å². The highest BCUT2D eigenvalue weighted by molar-refractivity contribution is 9.10. The van der Waals surface area contributed by atoms with Crippen LogP contribution in [0, 0.1) is 5.82 Å². The van der Waals surface area contributed by atoms with Crippen LogP contribution in [0.25, 0.3) is 17.1 Å². The number of sulfonamides is 1. The van der Waals surface area contributed by atoms with Crippen molar-refractivity contribution in [3.05, 3.63) is 77.0 Å². The van der Waals surface area contributed by atoms with Crippen LogP contribution in [0.4, 0.5) is 10.1 Å². The Labute approximate surface area is 222 Å². The first-order chi connectivity index (χ1) is 17.8. The van der Waals surface area contributed by atoms with E-state index in [0.29, 0.717) is 40.4 Å². The van der Waals surface area contributed by atoms with Gasteiger partial charge in [-0.1, -0.05) is 15.9 Å². The zero-order valence-electron chi connectivity index (χ0n) is 20.0. The fourth-order valence-electron chi connectivity index (χ4n) is 3.40. The summed E-state index contributed by atoms with van der Waals surface area (Å²) in [4.78, 5) is 4.45. The molecule has 4 aromatic rings. The molecule has 9 nitrogen and oxygen atoms in total. The lowest BCUT2D eigenvalue weighted by atomic mass is 10.2. The maximum Gasteiger partial charge on any atom is 0.336 e. The molecule has 0 saturated heterocycles. The standard InChI is InChI=1S/C25H24BrFN4O5S/c1-3-35-14-15-36-25-28-24(17-4-7-19(27)8-5-17)31(29-25)21-11-9-20(10-12-21)30-37(32,33)23-16-18(26)6-13-22(23)34-2/h4-13,16,30H,3,14-15H2,1-2H3. The van der Waals surface area contributed by atoms with Gasteiger partial charge in [-0.2, -0.15) is 4.98 Å². The van der Waals surface area contributed by atoms with Crippen molar-refractivity contribution in [2.75, 3.05) is 31.7 Å². The minimum absolute atomic E-state index is 0.00262. The Morgan fingerprint density at radius 3 is 2.43 bits per heavy atom. The fraction of sp³-hybridized carbons (Fsp3) is 0.200. The summed E-state index contributed by atoms with van der Waals surface area (Å²) < 4.78 is 60.3. The van der Waals surface area contributed by atoms with E-state index in [1.165, 1.54) is 25.3 Å². The van der Waals surface area contributed by atoms with Gasteiger partial charge < -0.3 is 14.2 Å². The van der Waals surface area contributed by atoms with Gasteiger partial charge in [-0.3, -0.25) is 4.72 Å². The second kappa shape index (κ2) is 11.7. The number of hydrogen-bond acceptors (Lipinski definition) is 7. The Bertz CT molecular complexity index is 1460. The molecule has 194 valence electrons. The summed E-state index contributed by atoms with van der Waals surface area (Å²) in [6.45, 7) is 3.10. The van der Waals surface area contributed by atoms with Gasteiger partial charge in [0.2, 0.25) is 0 Å². The van der Waals surface area contributed by atoms with E-state index in [-0.39, 0.29) is 29.1 Å². The van der Waals surface area contributed by atoms with E-state index in [9.17, 15) is 12.8 Å². The highest BCUT2D eigenvalue weighted by atomic mass is 79.9. The predicted octanol–water partition coefficient (Wildman–Crippen LogP) is 5.06. The molecule has 12 heteroatoms. The van der Waals surface area contributed by atoms with Crippen LogP contribution in [0.15, 0.2) is 76.1 Å². The molecule has 37 heavy (non-hydrogen) atoms. The highest BCUT2D eigenvalue weighted by Crippen LogP contribution is 2.30. The van der Waals surface area contributed by atoms with Crippen molar-refractivity contribution < 1.29 is 27.0 Å². The Balaban J connectivity index is 1.62. The van der Waals surface area contributed by atoms with Crippen LogP contribution in [-0.2, 0) is 14.8 Å². The van der Waals surface area contributed by atoms with Gasteiger partial charge in [0.1, 0.15) is 23.1 Å². The number of aromatic nitrogens is 3. The van der Waals surface area contributed by atoms with Gasteiger partial charge in [0.25, 0.3) is 10.0 Å². The molecular formula is C25H24BrFN4O5S. The molecule has 0 radical (unpaired) electrons. The summed E-state index contributed by atoms with van der Waals surface area (Å²) in [6.07, 6.45) is 0. The minimum Gasteiger partial charge on any atom is -0.495 e. The average Bonchev–Trinajstić information content (AvgIpc) is 3.31. The smallest absolute Gasteiger partial charge is 0.336 e. The highest BCUT2D eigenvalue weighted by Gasteiger charge is 2.21. The number of ether oxygens (including phenoxy) is 3. The number of rotatable bonds is 11. The van der Waals surface area contributed by atoms with E-state index in [0.717, 1.165) is 0 Å². The van der Waals surface area contributed by atoms with Gasteiger partial charge >= 0.3 is 6.01 Å². The van der Waals surface area contributed by atoms with Crippen molar-refractivity contribution in [2.45, 2.75) is 11.8 Å². The first kappa shape index (κ1) is 26.6. The second-order valence-corrected chi connectivity index (χ2v) is 10.2. The third-order valence-electron chi connectivity index (χ3n) is 5.13. The molecule has 1 aromatic heterocycles. The van der Waals surface area contributed by atoms with E-state index >= 15 is 0 Å². The minimum atomic E-state index is -3.93. The van der Waals surface area contributed by atoms with Crippen molar-refractivity contribution in [2.24, 2.45) is 0 Å². The fourth-order valence-corrected chi connectivity index (χ4v) is 5.17. The van der Waals surface area contributed by atoms with Gasteiger partial charge in [-0.05, 0) is 73.7 Å². The van der Waals surface area contributed by atoms with Gasteiger partial charge in [-0.25, -0.2) is 17.5 Å². The van der Waals surface area contributed by atoms with Crippen LogP contribution in [-0.4, -0.2) is 50.1 Å². The molecule has 0 atom stereocenters. The van der Waals surface area contributed by atoms with Crippen molar-refractivity contribution in [3.63, 3.8) is 0 Å². The molecule has 0 fully saturated rings. The predicted molar refractivity (Wildman–Crippen MR) is 140 cm³/mol. The molecule has 1 heterocycles. The van der Waals surface area contributed by atoms with E-state index in [1.807, 2.05) is 6.92 Å². The third kappa shape index (κ3) is 6.45. The number of methoxy groups -OCH3 is 1. The number of anilines is 1. The second-order valence-electron chi connectivity index (χ2n) is 7.63. The van der Waals surface area contributed by atoms with E-state index < -0.39 is 10.0 Å². The molecular weight excluding hydrogens is 567 g/mol. The maximum absolute atomic E-state index is 13.5. The van der Waals surface area contributed by atoms with Crippen molar-refractivity contribution >= 4 is 31.6 Å². The lowest BCUT2D eigenvalue weighted by Crippen LogP contribution is -2.14. The monoisotopic (exact) mass is 590 g/mol. The number of nitrogens with zero attached hydrogens (tertiary/aromatic N) is 3. The van der Waals surface area contributed by atoms with Gasteiger partial charge in [0.05, 0.1) is 19.4 Å². The van der Waals surface area contributed by atoms with Gasteiger partial charge in [0, 0.05) is 22.3 Å². The summed E-state index contributed by atoms with van der Waals surface area (Å²) >= 11 is 3.29. The van der Waals surface area contributed by atoms with Gasteiger partial charge in [-0.15, -0.1) is 5.10 Å². The largest absolute Gasteiger partial charge is 0.495 e. The lowest BCUT2D eigenvalue weighted by molar-refractivity contribution is 0.106. The number of halogens is 2. The molecule has 0 aliphatic carbocycles. The summed E-state index contributed by atoms with van der Waals surface area (Å²) in [7, 11) is -2.52. The average molecular weight is 591 g/mol. The normalized spacial score (nSPS) is 11.4. The Kier molecular flexibility index (Phi) is 8.41. The van der Waals surface area contributed by atoms with Crippen molar-refractivity contribution in [3.8, 4) is 28.8 Å². The summed E-state index contributed by atoms with van der Waals surface area (Å²) in [5.74, 6) is 0.274. The molecule has 0 aliphatic rings. The maximum atomic E-state index is 13.5. The SMILES string of the molecule is CCOCCOc1nc(-c2ccc(F)cc2)n(-c2ccc(NS(=O)(=O)c3cc(Br)ccc3OC)cc2)n1. The quantitative estimate of drug-likeness (QED) is 0.243. The Morgan fingerprint density at radius 1 is 1.03 bits per heavy atom. The van der Waals surface area contributed by atoms with Crippen LogP contribution in [0.5, 0.6) is 11.8 Å². The molecule has 0 bridgehead atoms. The molecule has 4 rings (SSSR count). The van der Waals surface area contributed by atoms with Crippen LogP contribution < -0.4 is 14.2 Å². The van der Waals surface area contributed by atoms with Crippen molar-refractivity contribution in [1.82, 2.24) is 14.8 Å². The first-order valence-corrected chi connectivity index (χ1v) is 13.5. The molecule has 0 aliphatic heterocycles. The number of nitrogens with one attached hydrogen (secondary N) is 1. The van der Waals surface area contributed by atoms with Gasteiger partial charge in [0.15, 0.2) is 5.82 Å². The van der Waals surface area contributed by atoms with E-state index in [2.05, 4.69) is 30.7 Å². The zero-order valence-corrected chi connectivity index (χ0v) is 22.4. The summed E-state index contributed by atoms with van der Waals surface area (Å²) in [5.41, 5.74) is 1.55. The topological polar surface area (TPSA) is 105 Å². The Hall–Kier alpha value is -3.48. The molecule has 1 N–H and O–H groups in total. The molecule has 0 saturated carbocycles. The third-order valence-corrected chi connectivity index (χ3v) is 7.03. The lowest BCUT2D eigenvalue weighted by Gasteiger charge is -2.12. The summed E-state index contributed by atoms with van der Waals surface area (Å²) in [6, 6.07) is 17.3. The zero-order chi connectivity index (χ0) is 26.4. The van der Waals surface area contributed by atoms with E-state index in [4.69, 9.17) is 14.2 Å². The molecule has 3 aromatic carbocycles. The first-order valence-electron chi connectivity index (χ1n) is 11.2. The number of benzene rings is 3. The summed E-state index contributed by atoms with van der Waals surface area (Å²) in [5, 5.41) is 4.43. The Morgan fingerprint density at radius 2 is 1.76 bits per heavy atom. The van der Waals surface area contributed by atoms with Crippen LogP contribution >= 0.6 is 15.9 Å². The molecule has 0 unspecified atom stereocenters. The van der Waals surface area contributed by atoms with E-state index in [1.54, 1.807) is 53.2 Å². The van der Waals surface area contributed by atoms with Crippen LogP contribution in [0.1, 0.15) is 6.92 Å².